The van der Waals surface area contributed by atoms with Crippen LogP contribution in [0.2, 0.25) is 0 Å². The first-order chi connectivity index (χ1) is 8.93. The third-order valence-electron chi connectivity index (χ3n) is 3.33. The predicted molar refractivity (Wildman–Crippen MR) is 62.6 cm³/mol. The maximum absolute atomic E-state index is 10.2. The number of aromatic nitrogens is 4. The van der Waals surface area contributed by atoms with Crippen molar-refractivity contribution < 1.29 is 20.1 Å². The Bertz CT molecular complexity index is 627. The Labute approximate surface area is 107 Å². The molecule has 1 fully saturated rings. The van der Waals surface area contributed by atoms with Crippen LogP contribution < -0.4 is 5.73 Å². The fourth-order valence-electron chi connectivity index (χ4n) is 2.21. The van der Waals surface area contributed by atoms with Crippen LogP contribution in [0.25, 0.3) is 11.0 Å². The third-order valence-corrected chi connectivity index (χ3v) is 3.33. The summed E-state index contributed by atoms with van der Waals surface area (Å²) in [6, 6.07) is 0. The van der Waals surface area contributed by atoms with Crippen LogP contribution in [0, 0.1) is 0 Å². The van der Waals surface area contributed by atoms with Gasteiger partial charge in [0.25, 0.3) is 0 Å². The zero-order valence-corrected chi connectivity index (χ0v) is 9.98. The van der Waals surface area contributed by atoms with Crippen molar-refractivity contribution in [1.82, 2.24) is 20.2 Å². The second kappa shape index (κ2) is 3.84. The fourth-order valence-corrected chi connectivity index (χ4v) is 2.21. The number of anilines is 1. The van der Waals surface area contributed by atoms with Crippen molar-refractivity contribution >= 4 is 16.9 Å². The maximum atomic E-state index is 10.2. The zero-order valence-electron chi connectivity index (χ0n) is 9.98. The van der Waals surface area contributed by atoms with Crippen LogP contribution in [0.4, 0.5) is 5.82 Å². The van der Waals surface area contributed by atoms with Crippen LogP contribution in [0.3, 0.4) is 0 Å². The minimum atomic E-state index is -1.68. The van der Waals surface area contributed by atoms with Gasteiger partial charge in [0.05, 0.1) is 5.69 Å². The summed E-state index contributed by atoms with van der Waals surface area (Å²) in [5.41, 5.74) is 5.01. The van der Waals surface area contributed by atoms with Crippen molar-refractivity contribution in [3.05, 3.63) is 12.0 Å². The lowest BCUT2D eigenvalue weighted by molar-refractivity contribution is -0.128. The highest BCUT2D eigenvalue weighted by Gasteiger charge is 2.53. The molecule has 19 heavy (non-hydrogen) atoms. The predicted octanol–water partition coefficient (Wildman–Crippen LogP) is -1.56. The van der Waals surface area contributed by atoms with Crippen LogP contribution in [0.5, 0.6) is 0 Å². The molecule has 2 aromatic rings. The quantitative estimate of drug-likeness (QED) is 0.416. The Morgan fingerprint density at radius 1 is 1.37 bits per heavy atom. The molecule has 9 nitrogen and oxygen atoms in total. The molecule has 2 aromatic heterocycles. The number of hydrogen-bond acceptors (Lipinski definition) is 8. The van der Waals surface area contributed by atoms with E-state index in [-0.39, 0.29) is 5.82 Å². The van der Waals surface area contributed by atoms with Gasteiger partial charge in [0.15, 0.2) is 17.6 Å². The summed E-state index contributed by atoms with van der Waals surface area (Å²) in [6.07, 6.45) is -2.67. The van der Waals surface area contributed by atoms with E-state index in [9.17, 15) is 15.3 Å². The molecule has 1 aliphatic heterocycles. The van der Waals surface area contributed by atoms with Gasteiger partial charge in [-0.15, -0.1) is 0 Å². The number of nitrogens with zero attached hydrogens (tertiary/aromatic N) is 3. The Hall–Kier alpha value is -1.81. The van der Waals surface area contributed by atoms with Crippen LogP contribution in [-0.4, -0.2) is 53.5 Å². The number of ether oxygens (including phenoxy) is 1. The standard InChI is InChI=1S/C10H13N5O4/c1-10(18)6(16)9(17)19-7(10)4-3-5(15-14-4)8(11)13-2-12-3/h2,6-7,9,16-18H,1H3,(H,14,15)(H2,11,12,13)/t6-,7+,9?,10-/m1/s1. The van der Waals surface area contributed by atoms with E-state index < -0.39 is 24.1 Å². The molecular formula is C10H13N5O4. The Morgan fingerprint density at radius 3 is 2.74 bits per heavy atom. The summed E-state index contributed by atoms with van der Waals surface area (Å²) < 4.78 is 5.16. The van der Waals surface area contributed by atoms with E-state index in [1.54, 1.807) is 0 Å². The SMILES string of the molecule is C[C@@]1(O)[C@H](O)C(O)O[C@H]1c1[nH]nc2c(N)ncnc12. The second-order valence-electron chi connectivity index (χ2n) is 4.67. The van der Waals surface area contributed by atoms with Crippen molar-refractivity contribution in [3.8, 4) is 0 Å². The van der Waals surface area contributed by atoms with E-state index in [0.717, 1.165) is 0 Å². The van der Waals surface area contributed by atoms with E-state index in [1.807, 2.05) is 0 Å². The number of nitrogen functional groups attached to an aromatic ring is 1. The van der Waals surface area contributed by atoms with Crippen molar-refractivity contribution in [3.63, 3.8) is 0 Å². The molecule has 0 spiro atoms. The topological polar surface area (TPSA) is 150 Å². The third kappa shape index (κ3) is 1.60. The van der Waals surface area contributed by atoms with Crippen molar-refractivity contribution in [2.45, 2.75) is 31.0 Å². The fraction of sp³-hybridized carbons (Fsp3) is 0.500. The van der Waals surface area contributed by atoms with Gasteiger partial charge in [-0.05, 0) is 6.92 Å². The average molecular weight is 267 g/mol. The summed E-state index contributed by atoms with van der Waals surface area (Å²) in [4.78, 5) is 7.82. The molecular weight excluding hydrogens is 254 g/mol. The minimum absolute atomic E-state index is 0.186. The number of nitrogens with two attached hydrogens (primary N) is 1. The van der Waals surface area contributed by atoms with E-state index in [4.69, 9.17) is 10.5 Å². The molecule has 4 atom stereocenters. The van der Waals surface area contributed by atoms with E-state index >= 15 is 0 Å². The second-order valence-corrected chi connectivity index (χ2v) is 4.67. The molecule has 1 unspecified atom stereocenters. The van der Waals surface area contributed by atoms with Gasteiger partial charge in [0.2, 0.25) is 0 Å². The first-order valence-corrected chi connectivity index (χ1v) is 5.61. The van der Waals surface area contributed by atoms with Gasteiger partial charge in [-0.2, -0.15) is 5.10 Å². The number of H-pyrrole nitrogens is 1. The molecule has 6 N–H and O–H groups in total. The van der Waals surface area contributed by atoms with Gasteiger partial charge in [-0.25, -0.2) is 9.97 Å². The summed E-state index contributed by atoms with van der Waals surface area (Å²) in [5.74, 6) is 0.186. The van der Waals surface area contributed by atoms with Gasteiger partial charge < -0.3 is 25.8 Å². The van der Waals surface area contributed by atoms with Crippen molar-refractivity contribution in [1.29, 1.82) is 0 Å². The lowest BCUT2D eigenvalue weighted by Gasteiger charge is -2.25. The summed E-state index contributed by atoms with van der Waals surface area (Å²) >= 11 is 0. The molecule has 102 valence electrons. The molecule has 0 aliphatic carbocycles. The highest BCUT2D eigenvalue weighted by molar-refractivity contribution is 5.85. The average Bonchev–Trinajstić information content (AvgIpc) is 2.86. The molecule has 0 amide bonds. The van der Waals surface area contributed by atoms with Crippen LogP contribution in [0.1, 0.15) is 18.7 Å². The van der Waals surface area contributed by atoms with Crippen molar-refractivity contribution in [2.24, 2.45) is 0 Å². The molecule has 0 bridgehead atoms. The first-order valence-electron chi connectivity index (χ1n) is 5.61. The number of aliphatic hydroxyl groups is 3. The summed E-state index contributed by atoms with van der Waals surface area (Å²) in [6.45, 7) is 1.36. The lowest BCUT2D eigenvalue weighted by atomic mass is 9.92. The Balaban J connectivity index is 2.13. The number of nitrogens with one attached hydrogen (secondary N) is 1. The van der Waals surface area contributed by atoms with E-state index in [0.29, 0.717) is 16.7 Å². The molecule has 9 heteroatoms. The molecule has 0 radical (unpaired) electrons. The number of hydrogen-bond donors (Lipinski definition) is 5. The first kappa shape index (κ1) is 12.2. The number of aliphatic hydroxyl groups excluding tert-OH is 2. The van der Waals surface area contributed by atoms with Crippen LogP contribution in [0.15, 0.2) is 6.33 Å². The highest BCUT2D eigenvalue weighted by atomic mass is 16.6. The highest BCUT2D eigenvalue weighted by Crippen LogP contribution is 2.41. The minimum Gasteiger partial charge on any atom is -0.385 e. The van der Waals surface area contributed by atoms with Crippen LogP contribution >= 0.6 is 0 Å². The molecule has 1 saturated heterocycles. The van der Waals surface area contributed by atoms with Gasteiger partial charge in [-0.1, -0.05) is 0 Å². The molecule has 3 heterocycles. The van der Waals surface area contributed by atoms with Gasteiger partial charge in [-0.3, -0.25) is 5.10 Å². The van der Waals surface area contributed by atoms with Gasteiger partial charge in [0, 0.05) is 0 Å². The van der Waals surface area contributed by atoms with Gasteiger partial charge >= 0.3 is 0 Å². The van der Waals surface area contributed by atoms with Crippen molar-refractivity contribution in [2.75, 3.05) is 5.73 Å². The van der Waals surface area contributed by atoms with Crippen LogP contribution in [-0.2, 0) is 4.74 Å². The maximum Gasteiger partial charge on any atom is 0.184 e. The lowest BCUT2D eigenvalue weighted by Crippen LogP contribution is -2.42. The number of rotatable bonds is 1. The number of fused-ring (bicyclic) bond motifs is 1. The van der Waals surface area contributed by atoms with E-state index in [1.165, 1.54) is 13.3 Å². The summed E-state index contributed by atoms with van der Waals surface area (Å²) in [7, 11) is 0. The molecule has 0 aromatic carbocycles. The smallest absolute Gasteiger partial charge is 0.184 e. The molecule has 1 aliphatic rings. The Kier molecular flexibility index (Phi) is 2.47. The molecule has 3 rings (SSSR count). The van der Waals surface area contributed by atoms with E-state index in [2.05, 4.69) is 20.2 Å². The number of aromatic amines is 1. The monoisotopic (exact) mass is 267 g/mol. The Morgan fingerprint density at radius 2 is 2.11 bits per heavy atom. The van der Waals surface area contributed by atoms with Gasteiger partial charge in [0.1, 0.15) is 29.7 Å². The summed E-state index contributed by atoms with van der Waals surface area (Å²) in [5, 5.41) is 36.0. The largest absolute Gasteiger partial charge is 0.385 e. The zero-order chi connectivity index (χ0) is 13.8. The molecule has 0 saturated carbocycles. The normalized spacial score (nSPS) is 35.1.